The smallest absolute Gasteiger partial charge is 0.321 e. The van der Waals surface area contributed by atoms with Gasteiger partial charge in [-0.25, -0.2) is 4.79 Å². The fourth-order valence-electron chi connectivity index (χ4n) is 4.51. The van der Waals surface area contributed by atoms with Crippen LogP contribution in [0.25, 0.3) is 11.1 Å². The molecule has 3 rings (SSSR count). The summed E-state index contributed by atoms with van der Waals surface area (Å²) in [7, 11) is 1.80. The Morgan fingerprint density at radius 2 is 1.73 bits per heavy atom. The SMILES string of the molecule is CCCCCCCNC(=O)N(C)c1cccc(-c2ccc(CC(OCC)C(=O)N3CCOCC3)cc2)c1. The minimum atomic E-state index is -0.490. The third-order valence-electron chi connectivity index (χ3n) is 6.77. The maximum Gasteiger partial charge on any atom is 0.321 e. The maximum absolute atomic E-state index is 13.0. The van der Waals surface area contributed by atoms with Crippen LogP contribution in [0.3, 0.4) is 0 Å². The summed E-state index contributed by atoms with van der Waals surface area (Å²) in [5, 5.41) is 3.02. The Hall–Kier alpha value is -2.90. The van der Waals surface area contributed by atoms with E-state index in [1.165, 1.54) is 19.3 Å². The molecule has 0 bridgehead atoms. The van der Waals surface area contributed by atoms with Crippen LogP contribution in [0.1, 0.15) is 51.5 Å². The van der Waals surface area contributed by atoms with Crippen molar-refractivity contribution in [2.24, 2.45) is 0 Å². The monoisotopic (exact) mass is 509 g/mol. The first-order valence-corrected chi connectivity index (χ1v) is 13.7. The van der Waals surface area contributed by atoms with E-state index in [0.717, 1.165) is 35.2 Å². The van der Waals surface area contributed by atoms with Crippen LogP contribution < -0.4 is 10.2 Å². The number of nitrogens with one attached hydrogen (secondary N) is 1. The van der Waals surface area contributed by atoms with Crippen LogP contribution in [0.5, 0.6) is 0 Å². The van der Waals surface area contributed by atoms with E-state index >= 15 is 0 Å². The van der Waals surface area contributed by atoms with Crippen LogP contribution in [-0.2, 0) is 20.7 Å². The topological polar surface area (TPSA) is 71.1 Å². The number of hydrogen-bond acceptors (Lipinski definition) is 4. The van der Waals surface area contributed by atoms with Gasteiger partial charge in [0.1, 0.15) is 6.10 Å². The maximum atomic E-state index is 13.0. The highest BCUT2D eigenvalue weighted by Crippen LogP contribution is 2.25. The third kappa shape index (κ3) is 8.86. The van der Waals surface area contributed by atoms with E-state index in [9.17, 15) is 9.59 Å². The average molecular weight is 510 g/mol. The second kappa shape index (κ2) is 15.4. The molecule has 1 atom stereocenters. The zero-order valence-electron chi connectivity index (χ0n) is 22.7. The number of unbranched alkanes of at least 4 members (excludes halogenated alkanes) is 4. The number of amides is 3. The van der Waals surface area contributed by atoms with Crippen molar-refractivity contribution < 1.29 is 19.1 Å². The normalized spacial score (nSPS) is 14.3. The van der Waals surface area contributed by atoms with Crippen molar-refractivity contribution >= 4 is 17.6 Å². The van der Waals surface area contributed by atoms with Gasteiger partial charge in [0.25, 0.3) is 5.91 Å². The van der Waals surface area contributed by atoms with Crippen LogP contribution in [0.15, 0.2) is 48.5 Å². The molecule has 0 aromatic heterocycles. The van der Waals surface area contributed by atoms with Crippen molar-refractivity contribution in [2.75, 3.05) is 51.4 Å². The average Bonchev–Trinajstić information content (AvgIpc) is 2.94. The molecule has 1 aliphatic rings. The number of carbonyl (C=O) groups is 2. The number of hydrogen-bond donors (Lipinski definition) is 1. The van der Waals surface area contributed by atoms with E-state index in [2.05, 4.69) is 36.5 Å². The number of benzene rings is 2. The lowest BCUT2D eigenvalue weighted by Gasteiger charge is -2.30. The second-order valence-electron chi connectivity index (χ2n) is 9.54. The molecule has 1 saturated heterocycles. The summed E-state index contributed by atoms with van der Waals surface area (Å²) in [6.45, 7) is 7.69. The molecule has 3 amide bonds. The van der Waals surface area contributed by atoms with E-state index in [1.807, 2.05) is 36.1 Å². The molecule has 202 valence electrons. The molecule has 1 aliphatic heterocycles. The summed E-state index contributed by atoms with van der Waals surface area (Å²) in [5.74, 6) is 0.0317. The van der Waals surface area contributed by atoms with Gasteiger partial charge in [-0.15, -0.1) is 0 Å². The Balaban J connectivity index is 1.59. The molecule has 1 unspecified atom stereocenters. The minimum absolute atomic E-state index is 0.0317. The lowest BCUT2D eigenvalue weighted by Crippen LogP contribution is -2.47. The first-order chi connectivity index (χ1) is 18.0. The first kappa shape index (κ1) is 28.7. The summed E-state index contributed by atoms with van der Waals surface area (Å²) in [5.41, 5.74) is 3.99. The van der Waals surface area contributed by atoms with Gasteiger partial charge in [-0.2, -0.15) is 0 Å². The van der Waals surface area contributed by atoms with Gasteiger partial charge in [-0.1, -0.05) is 69.0 Å². The van der Waals surface area contributed by atoms with Gasteiger partial charge in [0.2, 0.25) is 0 Å². The molecular formula is C30H43N3O4. The summed E-state index contributed by atoms with van der Waals surface area (Å²) >= 11 is 0. The quantitative estimate of drug-likeness (QED) is 0.373. The predicted molar refractivity (Wildman–Crippen MR) is 149 cm³/mol. The van der Waals surface area contributed by atoms with E-state index in [4.69, 9.17) is 9.47 Å². The molecule has 7 nitrogen and oxygen atoms in total. The van der Waals surface area contributed by atoms with E-state index < -0.39 is 6.10 Å². The zero-order valence-corrected chi connectivity index (χ0v) is 22.7. The highest BCUT2D eigenvalue weighted by molar-refractivity contribution is 5.92. The van der Waals surface area contributed by atoms with Crippen LogP contribution in [0, 0.1) is 0 Å². The van der Waals surface area contributed by atoms with Crippen LogP contribution in [0.4, 0.5) is 10.5 Å². The lowest BCUT2D eigenvalue weighted by atomic mass is 10.0. The Bertz CT molecular complexity index is 973. The van der Waals surface area contributed by atoms with Crippen molar-refractivity contribution in [3.8, 4) is 11.1 Å². The van der Waals surface area contributed by atoms with Crippen LogP contribution >= 0.6 is 0 Å². The van der Waals surface area contributed by atoms with Gasteiger partial charge in [0.05, 0.1) is 13.2 Å². The van der Waals surface area contributed by atoms with E-state index in [1.54, 1.807) is 11.9 Å². The number of carbonyl (C=O) groups excluding carboxylic acids is 2. The Morgan fingerprint density at radius 1 is 1.00 bits per heavy atom. The summed E-state index contributed by atoms with van der Waals surface area (Å²) in [4.78, 5) is 29.1. The predicted octanol–water partition coefficient (Wildman–Crippen LogP) is 5.28. The summed E-state index contributed by atoms with van der Waals surface area (Å²) in [6, 6.07) is 16.1. The molecule has 0 aliphatic carbocycles. The standard InChI is InChI=1S/C30H43N3O4/c1-4-6-7-8-9-17-31-30(35)32(3)27-12-10-11-26(23-27)25-15-13-24(14-16-25)22-28(37-5-2)29(34)33-18-20-36-21-19-33/h10-16,23,28H,4-9,17-22H2,1-3H3,(H,31,35). The van der Waals surface area contributed by atoms with Gasteiger partial charge in [0.15, 0.2) is 0 Å². The number of rotatable bonds is 13. The molecule has 1 fully saturated rings. The van der Waals surface area contributed by atoms with Crippen molar-refractivity contribution in [3.05, 3.63) is 54.1 Å². The molecule has 1 N–H and O–H groups in total. The van der Waals surface area contributed by atoms with Gasteiger partial charge >= 0.3 is 6.03 Å². The van der Waals surface area contributed by atoms with Gasteiger partial charge in [0, 0.05) is 45.4 Å². The fraction of sp³-hybridized carbons (Fsp3) is 0.533. The Labute approximate surface area is 222 Å². The number of urea groups is 1. The van der Waals surface area contributed by atoms with Gasteiger partial charge in [-0.3, -0.25) is 9.69 Å². The second-order valence-corrected chi connectivity index (χ2v) is 9.54. The molecule has 2 aromatic carbocycles. The van der Waals surface area contributed by atoms with Crippen molar-refractivity contribution in [2.45, 2.75) is 58.5 Å². The summed E-state index contributed by atoms with van der Waals surface area (Å²) in [6.07, 6.45) is 5.89. The van der Waals surface area contributed by atoms with Crippen LogP contribution in [0.2, 0.25) is 0 Å². The van der Waals surface area contributed by atoms with E-state index in [-0.39, 0.29) is 11.9 Å². The van der Waals surface area contributed by atoms with Crippen LogP contribution in [-0.4, -0.2) is 69.4 Å². The van der Waals surface area contributed by atoms with Crippen molar-refractivity contribution in [3.63, 3.8) is 0 Å². The minimum Gasteiger partial charge on any atom is -0.378 e. The fourth-order valence-corrected chi connectivity index (χ4v) is 4.51. The largest absolute Gasteiger partial charge is 0.378 e. The van der Waals surface area contributed by atoms with E-state index in [0.29, 0.717) is 45.9 Å². The van der Waals surface area contributed by atoms with Gasteiger partial charge in [-0.05, 0) is 42.2 Å². The molecule has 0 saturated carbocycles. The molecule has 7 heteroatoms. The summed E-state index contributed by atoms with van der Waals surface area (Å²) < 4.78 is 11.2. The molecule has 0 spiro atoms. The van der Waals surface area contributed by atoms with Crippen molar-refractivity contribution in [1.29, 1.82) is 0 Å². The third-order valence-corrected chi connectivity index (χ3v) is 6.77. The number of ether oxygens (including phenoxy) is 2. The molecular weight excluding hydrogens is 466 g/mol. The molecule has 0 radical (unpaired) electrons. The Morgan fingerprint density at radius 3 is 2.43 bits per heavy atom. The highest BCUT2D eigenvalue weighted by Gasteiger charge is 2.26. The molecule has 1 heterocycles. The van der Waals surface area contributed by atoms with Crippen molar-refractivity contribution in [1.82, 2.24) is 10.2 Å². The number of nitrogens with zero attached hydrogens (tertiary/aromatic N) is 2. The van der Waals surface area contributed by atoms with Gasteiger partial charge < -0.3 is 19.7 Å². The number of anilines is 1. The highest BCUT2D eigenvalue weighted by atomic mass is 16.5. The Kier molecular flexibility index (Phi) is 11.9. The lowest BCUT2D eigenvalue weighted by molar-refractivity contribution is -0.147. The molecule has 2 aromatic rings. The number of morpholine rings is 1. The first-order valence-electron chi connectivity index (χ1n) is 13.7. The molecule has 37 heavy (non-hydrogen) atoms. The zero-order chi connectivity index (χ0) is 26.5.